The van der Waals surface area contributed by atoms with E-state index in [1.165, 1.54) is 24.8 Å². The molecule has 3 fully saturated rings. The van der Waals surface area contributed by atoms with E-state index in [2.05, 4.69) is 12.2 Å². The Morgan fingerprint density at radius 3 is 2.88 bits per heavy atom. The van der Waals surface area contributed by atoms with Crippen molar-refractivity contribution >= 4 is 5.91 Å². The van der Waals surface area contributed by atoms with Gasteiger partial charge in [0.25, 0.3) is 0 Å². The summed E-state index contributed by atoms with van der Waals surface area (Å²) >= 11 is 0. The molecule has 0 saturated heterocycles. The van der Waals surface area contributed by atoms with Crippen LogP contribution >= 0.6 is 0 Å². The SMILES string of the molecule is CC1=C(C)NC(=O)C2(CCCC3C4CC4C32)C1. The van der Waals surface area contributed by atoms with E-state index >= 15 is 0 Å². The molecule has 2 heteroatoms. The van der Waals surface area contributed by atoms with Crippen molar-refractivity contribution in [3.8, 4) is 0 Å². The predicted octanol–water partition coefficient (Wildman–Crippen LogP) is 2.85. The Balaban J connectivity index is 1.73. The van der Waals surface area contributed by atoms with Gasteiger partial charge in [-0.15, -0.1) is 0 Å². The number of carbonyl (C=O) groups is 1. The average Bonchev–Trinajstić information content (AvgIpc) is 2.97. The van der Waals surface area contributed by atoms with Crippen LogP contribution in [-0.2, 0) is 4.79 Å². The molecule has 5 unspecified atom stereocenters. The lowest BCUT2D eigenvalue weighted by molar-refractivity contribution is -0.146. The van der Waals surface area contributed by atoms with E-state index in [-0.39, 0.29) is 5.41 Å². The number of allylic oxidation sites excluding steroid dienone is 2. The standard InChI is InChI=1S/C15H21NO/c1-8-7-15(14(17)16-9(8)2)5-3-4-10-11-6-12(11)13(10)15/h10-13H,3-7H2,1-2H3,(H,16,17). The summed E-state index contributed by atoms with van der Waals surface area (Å²) in [4.78, 5) is 12.5. The molecule has 3 aliphatic carbocycles. The number of hydrogen-bond acceptors (Lipinski definition) is 1. The van der Waals surface area contributed by atoms with Crippen LogP contribution in [0, 0.1) is 29.1 Å². The molecule has 0 radical (unpaired) electrons. The summed E-state index contributed by atoms with van der Waals surface area (Å²) in [7, 11) is 0. The van der Waals surface area contributed by atoms with Crippen molar-refractivity contribution in [3.05, 3.63) is 11.3 Å². The molecular formula is C15H21NO. The first-order chi connectivity index (χ1) is 8.13. The quantitative estimate of drug-likeness (QED) is 0.682. The molecule has 1 N–H and O–H groups in total. The van der Waals surface area contributed by atoms with Gasteiger partial charge in [0.2, 0.25) is 5.91 Å². The molecular weight excluding hydrogens is 210 g/mol. The maximum atomic E-state index is 12.5. The number of fused-ring (bicyclic) bond motifs is 5. The van der Waals surface area contributed by atoms with Gasteiger partial charge < -0.3 is 5.32 Å². The van der Waals surface area contributed by atoms with Gasteiger partial charge in [-0.1, -0.05) is 12.0 Å². The molecule has 1 amide bonds. The Hall–Kier alpha value is -0.790. The summed E-state index contributed by atoms with van der Waals surface area (Å²) < 4.78 is 0. The number of rotatable bonds is 0. The summed E-state index contributed by atoms with van der Waals surface area (Å²) in [5, 5.41) is 3.15. The maximum absolute atomic E-state index is 12.5. The van der Waals surface area contributed by atoms with Crippen LogP contribution in [0.2, 0.25) is 0 Å². The predicted molar refractivity (Wildman–Crippen MR) is 66.0 cm³/mol. The van der Waals surface area contributed by atoms with Crippen LogP contribution < -0.4 is 5.32 Å². The molecule has 0 bridgehead atoms. The number of hydrogen-bond donors (Lipinski definition) is 1. The molecule has 1 spiro atoms. The molecule has 5 atom stereocenters. The first-order valence-electron chi connectivity index (χ1n) is 7.11. The monoisotopic (exact) mass is 231 g/mol. The van der Waals surface area contributed by atoms with Crippen molar-refractivity contribution in [2.75, 3.05) is 0 Å². The van der Waals surface area contributed by atoms with Crippen LogP contribution in [0.15, 0.2) is 11.3 Å². The molecule has 17 heavy (non-hydrogen) atoms. The van der Waals surface area contributed by atoms with E-state index < -0.39 is 0 Å². The normalized spacial score (nSPS) is 51.5. The van der Waals surface area contributed by atoms with E-state index in [4.69, 9.17) is 0 Å². The topological polar surface area (TPSA) is 29.1 Å². The zero-order chi connectivity index (χ0) is 11.8. The maximum Gasteiger partial charge on any atom is 0.230 e. The van der Waals surface area contributed by atoms with E-state index in [1.807, 2.05) is 6.92 Å². The van der Waals surface area contributed by atoms with Crippen LogP contribution in [0.4, 0.5) is 0 Å². The molecule has 4 aliphatic rings. The van der Waals surface area contributed by atoms with Crippen molar-refractivity contribution < 1.29 is 4.79 Å². The van der Waals surface area contributed by atoms with Gasteiger partial charge in [-0.3, -0.25) is 4.79 Å². The molecule has 0 aromatic heterocycles. The Morgan fingerprint density at radius 1 is 1.24 bits per heavy atom. The minimum atomic E-state index is -0.00975. The van der Waals surface area contributed by atoms with Gasteiger partial charge in [0.15, 0.2) is 0 Å². The van der Waals surface area contributed by atoms with Crippen molar-refractivity contribution in [1.82, 2.24) is 5.32 Å². The Morgan fingerprint density at radius 2 is 2.06 bits per heavy atom. The highest BCUT2D eigenvalue weighted by atomic mass is 16.2. The minimum absolute atomic E-state index is 0.00975. The van der Waals surface area contributed by atoms with Crippen molar-refractivity contribution in [2.45, 2.75) is 46.0 Å². The number of amides is 1. The summed E-state index contributed by atoms with van der Waals surface area (Å²) in [5.41, 5.74) is 2.51. The lowest BCUT2D eigenvalue weighted by Gasteiger charge is -2.54. The fourth-order valence-electron chi connectivity index (χ4n) is 5.17. The van der Waals surface area contributed by atoms with E-state index in [1.54, 1.807) is 0 Å². The first-order valence-corrected chi connectivity index (χ1v) is 7.11. The van der Waals surface area contributed by atoms with Gasteiger partial charge in [-0.25, -0.2) is 0 Å². The zero-order valence-corrected chi connectivity index (χ0v) is 10.8. The fraction of sp³-hybridized carbons (Fsp3) is 0.800. The third kappa shape index (κ3) is 1.10. The molecule has 1 heterocycles. The van der Waals surface area contributed by atoms with Crippen molar-refractivity contribution in [2.24, 2.45) is 29.1 Å². The van der Waals surface area contributed by atoms with Crippen LogP contribution in [0.5, 0.6) is 0 Å². The molecule has 0 aromatic rings. The summed E-state index contributed by atoms with van der Waals surface area (Å²) in [5.74, 6) is 3.89. The minimum Gasteiger partial charge on any atom is -0.330 e. The lowest BCUT2D eigenvalue weighted by atomic mass is 9.50. The number of nitrogens with one attached hydrogen (secondary N) is 1. The molecule has 4 rings (SSSR count). The third-order valence-electron chi connectivity index (χ3n) is 6.14. The van der Waals surface area contributed by atoms with Crippen LogP contribution in [0.25, 0.3) is 0 Å². The molecule has 1 aliphatic heterocycles. The second kappa shape index (κ2) is 2.96. The summed E-state index contributed by atoms with van der Waals surface area (Å²) in [6, 6.07) is 0. The highest BCUT2D eigenvalue weighted by Crippen LogP contribution is 2.73. The largest absolute Gasteiger partial charge is 0.330 e. The second-order valence-electron chi connectivity index (χ2n) is 6.84. The highest BCUT2D eigenvalue weighted by Gasteiger charge is 2.70. The van der Waals surface area contributed by atoms with E-state index in [9.17, 15) is 4.79 Å². The number of carbonyl (C=O) groups excluding carboxylic acids is 1. The molecule has 0 aromatic carbocycles. The lowest BCUT2D eigenvalue weighted by Crippen LogP contribution is -2.56. The third-order valence-corrected chi connectivity index (χ3v) is 6.14. The van der Waals surface area contributed by atoms with Gasteiger partial charge in [0, 0.05) is 5.70 Å². The second-order valence-corrected chi connectivity index (χ2v) is 6.84. The van der Waals surface area contributed by atoms with E-state index in [0.717, 1.165) is 42.2 Å². The van der Waals surface area contributed by atoms with Crippen LogP contribution in [0.3, 0.4) is 0 Å². The first kappa shape index (κ1) is 10.2. The Bertz CT molecular complexity index is 438. The van der Waals surface area contributed by atoms with Crippen molar-refractivity contribution in [1.29, 1.82) is 0 Å². The Kier molecular flexibility index (Phi) is 1.77. The van der Waals surface area contributed by atoms with Crippen LogP contribution in [0.1, 0.15) is 46.0 Å². The highest BCUT2D eigenvalue weighted by molar-refractivity contribution is 5.86. The summed E-state index contributed by atoms with van der Waals surface area (Å²) in [6.45, 7) is 4.24. The molecule has 92 valence electrons. The smallest absolute Gasteiger partial charge is 0.230 e. The molecule has 2 nitrogen and oxygen atoms in total. The molecule has 3 saturated carbocycles. The Labute approximate surface area is 103 Å². The van der Waals surface area contributed by atoms with Gasteiger partial charge in [0.05, 0.1) is 5.41 Å². The summed E-state index contributed by atoms with van der Waals surface area (Å²) in [6.07, 6.45) is 6.25. The van der Waals surface area contributed by atoms with Crippen molar-refractivity contribution in [3.63, 3.8) is 0 Å². The van der Waals surface area contributed by atoms with Gasteiger partial charge in [-0.2, -0.15) is 0 Å². The average molecular weight is 231 g/mol. The van der Waals surface area contributed by atoms with Gasteiger partial charge in [0.1, 0.15) is 0 Å². The zero-order valence-electron chi connectivity index (χ0n) is 10.8. The van der Waals surface area contributed by atoms with Gasteiger partial charge >= 0.3 is 0 Å². The van der Waals surface area contributed by atoms with Crippen LogP contribution in [-0.4, -0.2) is 5.91 Å². The van der Waals surface area contributed by atoms with Gasteiger partial charge in [-0.05, 0) is 63.2 Å². The van der Waals surface area contributed by atoms with E-state index in [0.29, 0.717) is 5.91 Å². The fourth-order valence-corrected chi connectivity index (χ4v) is 5.17.